The van der Waals surface area contributed by atoms with Gasteiger partial charge in [0, 0.05) is 0 Å². The van der Waals surface area contributed by atoms with E-state index in [2.05, 4.69) is 22.6 Å². The van der Waals surface area contributed by atoms with Crippen molar-refractivity contribution in [1.82, 2.24) is 0 Å². The Hall–Kier alpha value is -0.330. The number of ether oxygens (including phenoxy) is 1. The first-order valence-electron chi connectivity index (χ1n) is 3.89. The molecule has 0 spiro atoms. The van der Waals surface area contributed by atoms with E-state index in [0.717, 1.165) is 14.9 Å². The molecule has 0 saturated heterocycles. The Morgan fingerprint density at radius 1 is 1.62 bits per heavy atom. The summed E-state index contributed by atoms with van der Waals surface area (Å²) in [6, 6.07) is 5.33. The van der Waals surface area contributed by atoms with Crippen LogP contribution in [0.3, 0.4) is 0 Å². The number of halogens is 1. The lowest BCUT2D eigenvalue weighted by atomic mass is 10.1. The highest BCUT2D eigenvalue weighted by Gasteiger charge is 2.06. The summed E-state index contributed by atoms with van der Waals surface area (Å²) in [5.41, 5.74) is 6.58. The van der Waals surface area contributed by atoms with Crippen LogP contribution in [0.25, 0.3) is 0 Å². The summed E-state index contributed by atoms with van der Waals surface area (Å²) in [5.74, 6) is 0.828. The molecular weight excluding hydrogens is 281 g/mol. The summed E-state index contributed by atoms with van der Waals surface area (Å²) in [6.07, 6.45) is 0. The molecule has 1 aromatic carbocycles. The van der Waals surface area contributed by atoms with Crippen LogP contribution in [0.4, 0.5) is 0 Å². The van der Waals surface area contributed by atoms with Crippen molar-refractivity contribution in [1.29, 1.82) is 0 Å². The van der Waals surface area contributed by atoms with Gasteiger partial charge in [0.1, 0.15) is 5.75 Å². The monoisotopic (exact) mass is 293 g/mol. The van der Waals surface area contributed by atoms with Gasteiger partial charge in [-0.05, 0) is 40.3 Å². The molecule has 0 heterocycles. The molecule has 0 amide bonds. The lowest BCUT2D eigenvalue weighted by Gasteiger charge is -2.10. The molecule has 0 aliphatic carbocycles. The fourth-order valence-electron chi connectivity index (χ4n) is 1.02. The maximum Gasteiger partial charge on any atom is 0.132 e. The van der Waals surface area contributed by atoms with Crippen molar-refractivity contribution in [3.8, 4) is 5.75 Å². The Morgan fingerprint density at radius 3 is 2.77 bits per heavy atom. The van der Waals surface area contributed by atoms with Crippen LogP contribution in [0, 0.1) is 3.57 Å². The highest BCUT2D eigenvalue weighted by Crippen LogP contribution is 2.23. The predicted octanol–water partition coefficient (Wildman–Crippen LogP) is 1.29. The average Bonchev–Trinajstić information content (AvgIpc) is 2.16. The second-order valence-corrected chi connectivity index (χ2v) is 3.85. The van der Waals surface area contributed by atoms with E-state index in [0.29, 0.717) is 0 Å². The van der Waals surface area contributed by atoms with E-state index >= 15 is 0 Å². The molecule has 0 fully saturated rings. The highest BCUT2D eigenvalue weighted by atomic mass is 127. The molecule has 0 radical (unpaired) electrons. The van der Waals surface area contributed by atoms with Gasteiger partial charge in [0.25, 0.3) is 0 Å². The van der Waals surface area contributed by atoms with Crippen LogP contribution in [0.2, 0.25) is 0 Å². The van der Waals surface area contributed by atoms with Gasteiger partial charge in [-0.2, -0.15) is 0 Å². The summed E-state index contributed by atoms with van der Waals surface area (Å²) in [5, 5.41) is 8.85. The van der Waals surface area contributed by atoms with Crippen LogP contribution in [-0.4, -0.2) is 18.8 Å². The van der Waals surface area contributed by atoms with E-state index in [1.54, 1.807) is 7.11 Å². The van der Waals surface area contributed by atoms with Crippen molar-refractivity contribution in [3.05, 3.63) is 27.3 Å². The van der Waals surface area contributed by atoms with Crippen molar-refractivity contribution in [2.45, 2.75) is 6.04 Å². The molecule has 0 saturated carbocycles. The zero-order valence-electron chi connectivity index (χ0n) is 7.33. The smallest absolute Gasteiger partial charge is 0.132 e. The third kappa shape index (κ3) is 2.55. The van der Waals surface area contributed by atoms with Gasteiger partial charge in [0.2, 0.25) is 0 Å². The van der Waals surface area contributed by atoms with Crippen molar-refractivity contribution < 1.29 is 9.84 Å². The summed E-state index contributed by atoms with van der Waals surface area (Å²) in [6.45, 7) is -0.0393. The van der Waals surface area contributed by atoms with Crippen LogP contribution >= 0.6 is 22.6 Å². The molecule has 3 N–H and O–H groups in total. The number of methoxy groups -OCH3 is 1. The van der Waals surface area contributed by atoms with E-state index in [4.69, 9.17) is 15.6 Å². The minimum atomic E-state index is -0.306. The summed E-state index contributed by atoms with van der Waals surface area (Å²) in [4.78, 5) is 0. The molecule has 0 aromatic heterocycles. The Morgan fingerprint density at radius 2 is 2.31 bits per heavy atom. The molecule has 3 nitrogen and oxygen atoms in total. The molecule has 72 valence electrons. The number of hydrogen-bond donors (Lipinski definition) is 2. The van der Waals surface area contributed by atoms with Gasteiger partial charge < -0.3 is 15.6 Å². The van der Waals surface area contributed by atoms with Gasteiger partial charge in [-0.3, -0.25) is 0 Å². The van der Waals surface area contributed by atoms with Gasteiger partial charge in [-0.25, -0.2) is 0 Å². The van der Waals surface area contributed by atoms with E-state index in [1.807, 2.05) is 18.2 Å². The number of nitrogens with two attached hydrogens (primary N) is 1. The first-order chi connectivity index (χ1) is 6.19. The third-order valence-electron chi connectivity index (χ3n) is 1.80. The molecule has 0 aliphatic rings. The summed E-state index contributed by atoms with van der Waals surface area (Å²) in [7, 11) is 1.63. The van der Waals surface area contributed by atoms with Crippen LogP contribution in [0.5, 0.6) is 5.75 Å². The minimum absolute atomic E-state index is 0.0393. The Labute approximate surface area is 91.0 Å². The van der Waals surface area contributed by atoms with Crippen molar-refractivity contribution in [2.75, 3.05) is 13.7 Å². The Kier molecular flexibility index (Phi) is 3.95. The van der Waals surface area contributed by atoms with Gasteiger partial charge in [0.05, 0.1) is 23.3 Å². The Bertz CT molecular complexity index is 291. The molecular formula is C9H12INO2. The second-order valence-electron chi connectivity index (χ2n) is 2.68. The van der Waals surface area contributed by atoms with E-state index in [1.165, 1.54) is 0 Å². The van der Waals surface area contributed by atoms with Crippen molar-refractivity contribution >= 4 is 22.6 Å². The van der Waals surface area contributed by atoms with Crippen LogP contribution in [0.15, 0.2) is 18.2 Å². The standard InChI is InChI=1S/C9H12INO2/c1-13-9-3-2-6(4-7(9)10)8(11)5-12/h2-4,8,12H,5,11H2,1H3/t8-/m1/s1. The number of aliphatic hydroxyl groups excluding tert-OH is 1. The highest BCUT2D eigenvalue weighted by molar-refractivity contribution is 14.1. The fraction of sp³-hybridized carbons (Fsp3) is 0.333. The molecule has 0 aliphatic heterocycles. The van der Waals surface area contributed by atoms with E-state index in [-0.39, 0.29) is 12.6 Å². The first kappa shape index (κ1) is 10.7. The number of hydrogen-bond acceptors (Lipinski definition) is 3. The molecule has 0 bridgehead atoms. The lowest BCUT2D eigenvalue weighted by molar-refractivity contribution is 0.268. The largest absolute Gasteiger partial charge is 0.496 e. The third-order valence-corrected chi connectivity index (χ3v) is 2.64. The second kappa shape index (κ2) is 4.78. The number of aliphatic hydroxyl groups is 1. The average molecular weight is 293 g/mol. The lowest BCUT2D eigenvalue weighted by Crippen LogP contribution is -2.14. The van der Waals surface area contributed by atoms with Crippen LogP contribution in [0.1, 0.15) is 11.6 Å². The maximum absolute atomic E-state index is 8.85. The van der Waals surface area contributed by atoms with Crippen molar-refractivity contribution in [2.24, 2.45) is 5.73 Å². The van der Waals surface area contributed by atoms with Crippen LogP contribution < -0.4 is 10.5 Å². The number of benzene rings is 1. The maximum atomic E-state index is 8.85. The normalized spacial score (nSPS) is 12.6. The molecule has 0 unspecified atom stereocenters. The molecule has 1 atom stereocenters. The van der Waals surface area contributed by atoms with Crippen LogP contribution in [-0.2, 0) is 0 Å². The quantitative estimate of drug-likeness (QED) is 0.826. The zero-order valence-corrected chi connectivity index (χ0v) is 9.48. The van der Waals surface area contributed by atoms with E-state index in [9.17, 15) is 0 Å². The fourth-order valence-corrected chi connectivity index (χ4v) is 1.78. The topological polar surface area (TPSA) is 55.5 Å². The Balaban J connectivity index is 2.95. The van der Waals surface area contributed by atoms with Crippen molar-refractivity contribution in [3.63, 3.8) is 0 Å². The summed E-state index contributed by atoms with van der Waals surface area (Å²) < 4.78 is 6.10. The zero-order chi connectivity index (χ0) is 9.84. The predicted molar refractivity (Wildman–Crippen MR) is 59.7 cm³/mol. The molecule has 1 rings (SSSR count). The minimum Gasteiger partial charge on any atom is -0.496 e. The molecule has 4 heteroatoms. The molecule has 13 heavy (non-hydrogen) atoms. The molecule has 1 aromatic rings. The van der Waals surface area contributed by atoms with Gasteiger partial charge >= 0.3 is 0 Å². The first-order valence-corrected chi connectivity index (χ1v) is 4.96. The summed E-state index contributed by atoms with van der Waals surface area (Å²) >= 11 is 2.17. The number of rotatable bonds is 3. The van der Waals surface area contributed by atoms with Gasteiger partial charge in [0.15, 0.2) is 0 Å². The van der Waals surface area contributed by atoms with Gasteiger partial charge in [-0.15, -0.1) is 0 Å². The van der Waals surface area contributed by atoms with E-state index < -0.39 is 0 Å². The SMILES string of the molecule is COc1ccc([C@H](N)CO)cc1I. The van der Waals surface area contributed by atoms with Gasteiger partial charge in [-0.1, -0.05) is 6.07 Å².